The highest BCUT2D eigenvalue weighted by Crippen LogP contribution is 2.30. The summed E-state index contributed by atoms with van der Waals surface area (Å²) in [5.74, 6) is -0.609. The predicted molar refractivity (Wildman–Crippen MR) is 109 cm³/mol. The van der Waals surface area contributed by atoms with Crippen molar-refractivity contribution < 1.29 is 18.8 Å². The highest BCUT2D eigenvalue weighted by Gasteiger charge is 2.29. The van der Waals surface area contributed by atoms with Crippen molar-refractivity contribution in [3.8, 4) is 0 Å². The second-order valence-electron chi connectivity index (χ2n) is 7.52. The lowest BCUT2D eigenvalue weighted by Crippen LogP contribution is -2.35. The minimum Gasteiger partial charge on any atom is -0.352 e. The van der Waals surface area contributed by atoms with Gasteiger partial charge < -0.3 is 10.6 Å². The molecule has 0 saturated heterocycles. The van der Waals surface area contributed by atoms with E-state index in [4.69, 9.17) is 0 Å². The summed E-state index contributed by atoms with van der Waals surface area (Å²) in [5.41, 5.74) is 2.12. The lowest BCUT2D eigenvalue weighted by Gasteiger charge is -2.27. The van der Waals surface area contributed by atoms with E-state index in [1.807, 2.05) is 0 Å². The Bertz CT molecular complexity index is 870. The smallest absolute Gasteiger partial charge is 0.227 e. The van der Waals surface area contributed by atoms with Gasteiger partial charge >= 0.3 is 0 Å². The fraction of sp³-hybridized carbons (Fsp3) is 0.348. The van der Waals surface area contributed by atoms with Crippen molar-refractivity contribution >= 4 is 23.3 Å². The van der Waals surface area contributed by atoms with E-state index in [1.165, 1.54) is 19.1 Å². The van der Waals surface area contributed by atoms with Crippen LogP contribution in [0.3, 0.4) is 0 Å². The maximum absolute atomic E-state index is 12.9. The Kier molecular flexibility index (Phi) is 6.75. The first-order valence-corrected chi connectivity index (χ1v) is 9.86. The average molecular weight is 396 g/mol. The van der Waals surface area contributed by atoms with Gasteiger partial charge in [-0.2, -0.15) is 0 Å². The summed E-state index contributed by atoms with van der Waals surface area (Å²) >= 11 is 0. The highest BCUT2D eigenvalue weighted by atomic mass is 19.1. The molecule has 6 heteroatoms. The van der Waals surface area contributed by atoms with Gasteiger partial charge in [-0.05, 0) is 74.6 Å². The molecule has 0 aromatic heterocycles. The molecule has 1 aliphatic carbocycles. The van der Waals surface area contributed by atoms with Gasteiger partial charge in [-0.15, -0.1) is 0 Å². The molecular formula is C23H25FN2O3. The van der Waals surface area contributed by atoms with Crippen molar-refractivity contribution in [3.05, 3.63) is 65.5 Å². The first-order valence-electron chi connectivity index (χ1n) is 9.86. The number of Topliss-reactive ketones (excluding diaryl/α,β-unsaturated/α-hetero) is 1. The summed E-state index contributed by atoms with van der Waals surface area (Å²) in [5, 5.41) is 5.79. The number of nitrogens with one attached hydrogen (secondary N) is 2. The van der Waals surface area contributed by atoms with Crippen molar-refractivity contribution in [1.29, 1.82) is 0 Å². The van der Waals surface area contributed by atoms with Crippen LogP contribution in [0, 0.1) is 17.7 Å². The van der Waals surface area contributed by atoms with E-state index in [2.05, 4.69) is 10.6 Å². The Labute approximate surface area is 169 Å². The summed E-state index contributed by atoms with van der Waals surface area (Å²) in [6.45, 7) is 1.87. The van der Waals surface area contributed by atoms with Crippen LogP contribution in [0.15, 0.2) is 48.5 Å². The van der Waals surface area contributed by atoms with Gasteiger partial charge in [0, 0.05) is 29.6 Å². The number of ketones is 1. The first kappa shape index (κ1) is 20.7. The summed E-state index contributed by atoms with van der Waals surface area (Å²) in [6, 6.07) is 12.9. The fourth-order valence-electron chi connectivity index (χ4n) is 3.59. The monoisotopic (exact) mass is 396 g/mol. The topological polar surface area (TPSA) is 75.3 Å². The molecule has 0 atom stereocenters. The van der Waals surface area contributed by atoms with Gasteiger partial charge in [0.25, 0.3) is 0 Å². The van der Waals surface area contributed by atoms with Gasteiger partial charge in [0.05, 0.1) is 0 Å². The van der Waals surface area contributed by atoms with Crippen molar-refractivity contribution in [1.82, 2.24) is 5.32 Å². The molecule has 2 N–H and O–H groups in total. The summed E-state index contributed by atoms with van der Waals surface area (Å²) in [6.07, 6.45) is 2.64. The van der Waals surface area contributed by atoms with Gasteiger partial charge in [0.1, 0.15) is 5.82 Å². The number of amides is 2. The number of benzene rings is 2. The lowest BCUT2D eigenvalue weighted by atomic mass is 9.81. The van der Waals surface area contributed by atoms with Crippen molar-refractivity contribution in [2.45, 2.75) is 39.2 Å². The Morgan fingerprint density at radius 1 is 0.862 bits per heavy atom. The third-order valence-electron chi connectivity index (χ3n) is 5.41. The average Bonchev–Trinajstić information content (AvgIpc) is 2.73. The van der Waals surface area contributed by atoms with Gasteiger partial charge in [0.15, 0.2) is 5.78 Å². The lowest BCUT2D eigenvalue weighted by molar-refractivity contribution is -0.128. The molecule has 29 heavy (non-hydrogen) atoms. The predicted octanol–water partition coefficient (Wildman–Crippen LogP) is 4.09. The van der Waals surface area contributed by atoms with Crippen LogP contribution in [0.25, 0.3) is 0 Å². The maximum atomic E-state index is 12.9. The van der Waals surface area contributed by atoms with Crippen LogP contribution in [-0.2, 0) is 16.1 Å². The van der Waals surface area contributed by atoms with Crippen LogP contribution < -0.4 is 10.6 Å². The normalized spacial score (nSPS) is 18.7. The van der Waals surface area contributed by atoms with E-state index >= 15 is 0 Å². The van der Waals surface area contributed by atoms with E-state index in [0.29, 0.717) is 43.5 Å². The summed E-state index contributed by atoms with van der Waals surface area (Å²) < 4.78 is 12.9. The molecule has 2 amide bonds. The van der Waals surface area contributed by atoms with E-state index < -0.39 is 0 Å². The van der Waals surface area contributed by atoms with Gasteiger partial charge in [-0.3, -0.25) is 14.4 Å². The van der Waals surface area contributed by atoms with Crippen LogP contribution in [0.2, 0.25) is 0 Å². The largest absolute Gasteiger partial charge is 0.352 e. The van der Waals surface area contributed by atoms with Crippen LogP contribution in [0.5, 0.6) is 0 Å². The van der Waals surface area contributed by atoms with E-state index in [1.54, 1.807) is 36.4 Å². The fourth-order valence-corrected chi connectivity index (χ4v) is 3.59. The van der Waals surface area contributed by atoms with Crippen LogP contribution in [0.1, 0.15) is 48.5 Å². The Balaban J connectivity index is 1.44. The quantitative estimate of drug-likeness (QED) is 0.722. The highest BCUT2D eigenvalue weighted by molar-refractivity contribution is 5.96. The Morgan fingerprint density at radius 3 is 1.97 bits per heavy atom. The molecule has 1 saturated carbocycles. The molecule has 1 fully saturated rings. The Hall–Kier alpha value is -3.02. The molecule has 152 valence electrons. The third-order valence-corrected chi connectivity index (χ3v) is 5.41. The number of halogens is 1. The van der Waals surface area contributed by atoms with Crippen LogP contribution >= 0.6 is 0 Å². The molecule has 0 radical (unpaired) electrons. The molecule has 0 aliphatic heterocycles. The number of anilines is 1. The summed E-state index contributed by atoms with van der Waals surface area (Å²) in [7, 11) is 0. The number of hydrogen-bond donors (Lipinski definition) is 2. The van der Waals surface area contributed by atoms with E-state index in [9.17, 15) is 18.8 Å². The molecule has 3 rings (SSSR count). The molecule has 0 bridgehead atoms. The zero-order valence-corrected chi connectivity index (χ0v) is 16.4. The molecule has 0 spiro atoms. The Morgan fingerprint density at radius 2 is 1.41 bits per heavy atom. The number of carbonyl (C=O) groups excluding carboxylic acids is 3. The molecule has 0 unspecified atom stereocenters. The molecule has 2 aromatic rings. The maximum Gasteiger partial charge on any atom is 0.227 e. The minimum absolute atomic E-state index is 0.0149. The second-order valence-corrected chi connectivity index (χ2v) is 7.52. The summed E-state index contributed by atoms with van der Waals surface area (Å²) in [4.78, 5) is 36.2. The van der Waals surface area contributed by atoms with Gasteiger partial charge in [-0.25, -0.2) is 4.39 Å². The van der Waals surface area contributed by atoms with Crippen LogP contribution in [0.4, 0.5) is 10.1 Å². The molecular weight excluding hydrogens is 371 g/mol. The van der Waals surface area contributed by atoms with Crippen LogP contribution in [-0.4, -0.2) is 17.6 Å². The standard InChI is InChI=1S/C23H25FN2O3/c1-15(27)17-8-12-21(13-9-17)26-23(29)19-6-4-18(5-7-19)22(28)25-14-16-2-10-20(24)11-3-16/h2-3,8-13,18-19H,4-7,14H2,1H3,(H,25,28)(H,26,29). The minimum atomic E-state index is -0.300. The number of rotatable bonds is 6. The zero-order chi connectivity index (χ0) is 20.8. The van der Waals surface area contributed by atoms with Crippen molar-refractivity contribution in [3.63, 3.8) is 0 Å². The van der Waals surface area contributed by atoms with Crippen molar-refractivity contribution in [2.75, 3.05) is 5.32 Å². The second kappa shape index (κ2) is 9.45. The third kappa shape index (κ3) is 5.73. The molecule has 0 heterocycles. The molecule has 5 nitrogen and oxygen atoms in total. The van der Waals surface area contributed by atoms with Crippen molar-refractivity contribution in [2.24, 2.45) is 11.8 Å². The van der Waals surface area contributed by atoms with Gasteiger partial charge in [-0.1, -0.05) is 12.1 Å². The zero-order valence-electron chi connectivity index (χ0n) is 16.4. The first-order chi connectivity index (χ1) is 13.9. The molecule has 1 aliphatic rings. The number of carbonyl (C=O) groups is 3. The van der Waals surface area contributed by atoms with E-state index in [0.717, 1.165) is 5.56 Å². The van der Waals surface area contributed by atoms with E-state index in [-0.39, 0.29) is 35.3 Å². The van der Waals surface area contributed by atoms with Gasteiger partial charge in [0.2, 0.25) is 11.8 Å². The number of hydrogen-bond acceptors (Lipinski definition) is 3. The SMILES string of the molecule is CC(=O)c1ccc(NC(=O)C2CCC(C(=O)NCc3ccc(F)cc3)CC2)cc1. The molecule has 2 aromatic carbocycles.